The minimum atomic E-state index is -0.125. The molecule has 21 heavy (non-hydrogen) atoms. The average molecular weight is 304 g/mol. The Morgan fingerprint density at radius 3 is 3.24 bits per heavy atom. The van der Waals surface area contributed by atoms with Crippen LogP contribution < -0.4 is 5.32 Å². The second-order valence-corrected chi connectivity index (χ2v) is 7.34. The molecule has 0 radical (unpaired) electrons. The first-order valence-corrected chi connectivity index (χ1v) is 8.31. The second kappa shape index (κ2) is 4.90. The van der Waals surface area contributed by atoms with Gasteiger partial charge in [-0.25, -0.2) is 0 Å². The van der Waals surface area contributed by atoms with Gasteiger partial charge in [0.2, 0.25) is 0 Å². The van der Waals surface area contributed by atoms with Gasteiger partial charge >= 0.3 is 0 Å². The summed E-state index contributed by atoms with van der Waals surface area (Å²) in [6.45, 7) is 3.98. The van der Waals surface area contributed by atoms with Gasteiger partial charge in [-0.05, 0) is 37.9 Å². The van der Waals surface area contributed by atoms with Crippen molar-refractivity contribution < 1.29 is 4.74 Å². The van der Waals surface area contributed by atoms with E-state index in [1.807, 2.05) is 24.6 Å². The normalized spacial score (nSPS) is 28.8. The number of aromatic nitrogens is 3. The van der Waals surface area contributed by atoms with Crippen LogP contribution in [0, 0.1) is 6.92 Å². The topological polar surface area (TPSA) is 52.0 Å². The summed E-state index contributed by atoms with van der Waals surface area (Å²) in [4.78, 5) is 2.83. The van der Waals surface area contributed by atoms with E-state index in [1.54, 1.807) is 4.68 Å². The van der Waals surface area contributed by atoms with Gasteiger partial charge in [0, 0.05) is 29.4 Å². The fourth-order valence-electron chi connectivity index (χ4n) is 3.58. The van der Waals surface area contributed by atoms with Crippen LogP contribution in [0.25, 0.3) is 0 Å². The molecule has 0 aromatic carbocycles. The van der Waals surface area contributed by atoms with Gasteiger partial charge in [-0.2, -0.15) is 0 Å². The number of nitrogens with one attached hydrogen (secondary N) is 1. The van der Waals surface area contributed by atoms with Gasteiger partial charge in [-0.15, -0.1) is 16.4 Å². The standard InChI is InChI=1S/C15H20N4OS/c1-10-7-11-3-6-20-15(14(11)21-10)4-5-16-12(8-15)13-9-19(2)18-17-13/h7,9,12,16H,3-6,8H2,1-2H3/t12?,15-/m0/s1. The SMILES string of the molecule is Cc1cc2c(s1)[C@@]1(CCNC(c3cn(C)nn3)C1)OCC2. The van der Waals surface area contributed by atoms with E-state index in [1.165, 1.54) is 15.3 Å². The van der Waals surface area contributed by atoms with Gasteiger partial charge in [-0.3, -0.25) is 4.68 Å². The summed E-state index contributed by atoms with van der Waals surface area (Å²) in [5.41, 5.74) is 2.38. The largest absolute Gasteiger partial charge is 0.369 e. The summed E-state index contributed by atoms with van der Waals surface area (Å²) in [7, 11) is 1.91. The van der Waals surface area contributed by atoms with E-state index in [2.05, 4.69) is 28.6 Å². The van der Waals surface area contributed by atoms with Gasteiger partial charge in [0.1, 0.15) is 5.60 Å². The van der Waals surface area contributed by atoms with Crippen LogP contribution >= 0.6 is 11.3 Å². The predicted octanol–water partition coefficient (Wildman–Crippen LogP) is 2.08. The van der Waals surface area contributed by atoms with E-state index < -0.39 is 0 Å². The van der Waals surface area contributed by atoms with Crippen molar-refractivity contribution in [3.8, 4) is 0 Å². The summed E-state index contributed by atoms with van der Waals surface area (Å²) < 4.78 is 8.08. The fraction of sp³-hybridized carbons (Fsp3) is 0.600. The molecule has 1 unspecified atom stereocenters. The minimum Gasteiger partial charge on any atom is -0.369 e. The highest BCUT2D eigenvalue weighted by molar-refractivity contribution is 7.12. The smallest absolute Gasteiger partial charge is 0.106 e. The zero-order chi connectivity index (χ0) is 14.4. The van der Waals surface area contributed by atoms with Gasteiger partial charge in [-0.1, -0.05) is 5.21 Å². The fourth-order valence-corrected chi connectivity index (χ4v) is 4.83. The summed E-state index contributed by atoms with van der Waals surface area (Å²) in [5.74, 6) is 0. The van der Waals surface area contributed by atoms with Crippen molar-refractivity contribution >= 4 is 11.3 Å². The molecular weight excluding hydrogens is 284 g/mol. The maximum Gasteiger partial charge on any atom is 0.106 e. The third kappa shape index (κ3) is 2.22. The number of nitrogens with zero attached hydrogens (tertiary/aromatic N) is 3. The molecule has 1 spiro atoms. The Bertz CT molecular complexity index is 664. The summed E-state index contributed by atoms with van der Waals surface area (Å²) in [6.07, 6.45) is 5.03. The molecule has 5 nitrogen and oxygen atoms in total. The number of rotatable bonds is 1. The van der Waals surface area contributed by atoms with Crippen LogP contribution in [-0.2, 0) is 23.8 Å². The van der Waals surface area contributed by atoms with Crippen LogP contribution in [0.15, 0.2) is 12.3 Å². The number of thiophene rings is 1. The van der Waals surface area contributed by atoms with E-state index >= 15 is 0 Å². The molecule has 1 saturated heterocycles. The molecule has 0 amide bonds. The van der Waals surface area contributed by atoms with Crippen LogP contribution in [0.1, 0.15) is 39.9 Å². The number of hydrogen-bond donors (Lipinski definition) is 1. The molecule has 2 aromatic heterocycles. The lowest BCUT2D eigenvalue weighted by Crippen LogP contribution is -2.45. The third-order valence-electron chi connectivity index (χ3n) is 4.53. The van der Waals surface area contributed by atoms with Crippen molar-refractivity contribution in [3.63, 3.8) is 0 Å². The molecule has 1 N–H and O–H groups in total. The first-order chi connectivity index (χ1) is 10.2. The van der Waals surface area contributed by atoms with E-state index in [9.17, 15) is 0 Å². The lowest BCUT2D eigenvalue weighted by Gasteiger charge is -2.43. The quantitative estimate of drug-likeness (QED) is 0.876. The first-order valence-electron chi connectivity index (χ1n) is 7.50. The molecular formula is C15H20N4OS. The van der Waals surface area contributed by atoms with Gasteiger partial charge in [0.25, 0.3) is 0 Å². The predicted molar refractivity (Wildman–Crippen MR) is 81.4 cm³/mol. The number of ether oxygens (including phenoxy) is 1. The van der Waals surface area contributed by atoms with Crippen LogP contribution in [-0.4, -0.2) is 28.1 Å². The van der Waals surface area contributed by atoms with Crippen molar-refractivity contribution in [2.75, 3.05) is 13.2 Å². The van der Waals surface area contributed by atoms with Crippen molar-refractivity contribution in [1.82, 2.24) is 20.3 Å². The number of piperidine rings is 1. The molecule has 0 aliphatic carbocycles. The van der Waals surface area contributed by atoms with Gasteiger partial charge < -0.3 is 10.1 Å². The van der Waals surface area contributed by atoms with E-state index in [0.717, 1.165) is 38.1 Å². The van der Waals surface area contributed by atoms with Crippen LogP contribution in [0.4, 0.5) is 0 Å². The molecule has 0 bridgehead atoms. The maximum atomic E-state index is 6.32. The molecule has 4 rings (SSSR count). The van der Waals surface area contributed by atoms with E-state index in [-0.39, 0.29) is 11.6 Å². The second-order valence-electron chi connectivity index (χ2n) is 6.08. The Kier molecular flexibility index (Phi) is 3.13. The van der Waals surface area contributed by atoms with E-state index in [4.69, 9.17) is 4.74 Å². The summed E-state index contributed by atoms with van der Waals surface area (Å²) in [5, 5.41) is 11.9. The molecule has 1 fully saturated rings. The van der Waals surface area contributed by atoms with Crippen LogP contribution in [0.3, 0.4) is 0 Å². The monoisotopic (exact) mass is 304 g/mol. The highest BCUT2D eigenvalue weighted by Crippen LogP contribution is 2.47. The van der Waals surface area contributed by atoms with Crippen LogP contribution in [0.2, 0.25) is 0 Å². The molecule has 4 heterocycles. The van der Waals surface area contributed by atoms with Gasteiger partial charge in [0.05, 0.1) is 18.3 Å². The Balaban J connectivity index is 1.69. The van der Waals surface area contributed by atoms with E-state index in [0.29, 0.717) is 0 Å². The minimum absolute atomic E-state index is 0.125. The number of fused-ring (bicyclic) bond motifs is 2. The Morgan fingerprint density at radius 2 is 2.43 bits per heavy atom. The molecule has 2 aromatic rings. The lowest BCUT2D eigenvalue weighted by atomic mass is 9.82. The van der Waals surface area contributed by atoms with Gasteiger partial charge in [0.15, 0.2) is 0 Å². The third-order valence-corrected chi connectivity index (χ3v) is 5.80. The average Bonchev–Trinajstić information content (AvgIpc) is 3.06. The molecule has 2 atom stereocenters. The number of aryl methyl sites for hydroxylation is 2. The highest BCUT2D eigenvalue weighted by atomic mass is 32.1. The van der Waals surface area contributed by atoms with Crippen molar-refractivity contribution in [2.45, 2.75) is 37.8 Å². The molecule has 112 valence electrons. The Labute approximate surface area is 128 Å². The summed E-state index contributed by atoms with van der Waals surface area (Å²) >= 11 is 1.90. The summed E-state index contributed by atoms with van der Waals surface area (Å²) in [6, 6.07) is 2.56. The zero-order valence-electron chi connectivity index (χ0n) is 12.4. The zero-order valence-corrected chi connectivity index (χ0v) is 13.2. The van der Waals surface area contributed by atoms with Crippen molar-refractivity contribution in [1.29, 1.82) is 0 Å². The van der Waals surface area contributed by atoms with Crippen molar-refractivity contribution in [3.05, 3.63) is 33.3 Å². The lowest BCUT2D eigenvalue weighted by molar-refractivity contribution is -0.0871. The van der Waals surface area contributed by atoms with Crippen LogP contribution in [0.5, 0.6) is 0 Å². The van der Waals surface area contributed by atoms with Crippen molar-refractivity contribution in [2.24, 2.45) is 7.05 Å². The Hall–Kier alpha value is -1.24. The number of hydrogen-bond acceptors (Lipinski definition) is 5. The highest BCUT2D eigenvalue weighted by Gasteiger charge is 2.44. The molecule has 0 saturated carbocycles. The maximum absolute atomic E-state index is 6.32. The first kappa shape index (κ1) is 13.4. The molecule has 2 aliphatic heterocycles. The molecule has 6 heteroatoms. The Morgan fingerprint density at radius 1 is 1.52 bits per heavy atom. The molecule has 2 aliphatic rings.